The Balaban J connectivity index is 1.70. The van der Waals surface area contributed by atoms with E-state index in [1.54, 1.807) is 12.1 Å². The molecular formula is C19H31FN4O. The molecule has 3 rings (SSSR count). The Hall–Kier alpha value is -1.37. The number of hydrogen-bond donors (Lipinski definition) is 0. The van der Waals surface area contributed by atoms with Crippen molar-refractivity contribution in [3.05, 3.63) is 24.0 Å². The lowest BCUT2D eigenvalue weighted by atomic mass is 10.2. The third kappa shape index (κ3) is 4.25. The molecule has 2 aliphatic heterocycles. The Bertz CT molecular complexity index is 570. The van der Waals surface area contributed by atoms with Gasteiger partial charge in [0.15, 0.2) is 11.6 Å². The van der Waals surface area contributed by atoms with Crippen LogP contribution in [0.1, 0.15) is 26.7 Å². The number of ether oxygens (including phenoxy) is 1. The lowest BCUT2D eigenvalue weighted by Crippen LogP contribution is -2.57. The zero-order valence-electron chi connectivity index (χ0n) is 15.7. The fraction of sp³-hybridized carbons (Fsp3) is 0.684. The predicted molar refractivity (Wildman–Crippen MR) is 99.4 cm³/mol. The summed E-state index contributed by atoms with van der Waals surface area (Å²) in [6.45, 7) is 11.5. The molecule has 0 spiro atoms. The zero-order valence-corrected chi connectivity index (χ0v) is 15.7. The average Bonchev–Trinajstić information content (AvgIpc) is 3.08. The summed E-state index contributed by atoms with van der Waals surface area (Å²) in [7, 11) is 1.50. The molecule has 0 aliphatic carbocycles. The molecule has 2 heterocycles. The first-order valence-corrected chi connectivity index (χ1v) is 9.41. The molecule has 140 valence electrons. The van der Waals surface area contributed by atoms with Gasteiger partial charge in [-0.25, -0.2) is 4.39 Å². The largest absolute Gasteiger partial charge is 0.494 e. The van der Waals surface area contributed by atoms with E-state index < -0.39 is 0 Å². The van der Waals surface area contributed by atoms with E-state index in [1.165, 1.54) is 26.5 Å². The van der Waals surface area contributed by atoms with Crippen molar-refractivity contribution < 1.29 is 9.13 Å². The van der Waals surface area contributed by atoms with Crippen molar-refractivity contribution in [1.29, 1.82) is 0 Å². The van der Waals surface area contributed by atoms with Crippen molar-refractivity contribution in [3.63, 3.8) is 0 Å². The van der Waals surface area contributed by atoms with Crippen LogP contribution in [-0.2, 0) is 0 Å². The molecule has 1 aromatic carbocycles. The number of benzene rings is 1. The van der Waals surface area contributed by atoms with E-state index in [2.05, 4.69) is 33.4 Å². The highest BCUT2D eigenvalue weighted by Gasteiger charge is 2.29. The Morgan fingerprint density at radius 3 is 2.60 bits per heavy atom. The van der Waals surface area contributed by atoms with Crippen LogP contribution in [0, 0.1) is 5.82 Å². The number of likely N-dealkylation sites (N-methyl/N-ethyl adjacent to an activating group) is 1. The van der Waals surface area contributed by atoms with Crippen LogP contribution < -0.4 is 9.64 Å². The van der Waals surface area contributed by atoms with Crippen LogP contribution >= 0.6 is 0 Å². The monoisotopic (exact) mass is 350 g/mol. The first-order valence-electron chi connectivity index (χ1n) is 9.41. The van der Waals surface area contributed by atoms with Crippen LogP contribution in [0.4, 0.5) is 10.1 Å². The fourth-order valence-electron chi connectivity index (χ4n) is 4.05. The molecule has 1 atom stereocenters. The highest BCUT2D eigenvalue weighted by molar-refractivity contribution is 5.49. The standard InChI is InChI=1S/C19H31FN4O/c1-4-21-13-22(12-17-7-6-10-23(17)5-2)15-24(14-21)16-8-9-19(25-3)18(20)11-16/h8-9,11,17H,4-7,10,12-15H2,1-3H3. The predicted octanol–water partition coefficient (Wildman–Crippen LogP) is 2.64. The van der Waals surface area contributed by atoms with Crippen molar-refractivity contribution in [3.8, 4) is 5.75 Å². The van der Waals surface area contributed by atoms with E-state index in [4.69, 9.17) is 4.74 Å². The molecule has 0 saturated carbocycles. The topological polar surface area (TPSA) is 22.2 Å². The third-order valence-electron chi connectivity index (χ3n) is 5.46. The van der Waals surface area contributed by atoms with Gasteiger partial charge < -0.3 is 9.64 Å². The Labute approximate surface area is 150 Å². The van der Waals surface area contributed by atoms with Gasteiger partial charge in [0.2, 0.25) is 0 Å². The Kier molecular flexibility index (Phi) is 6.15. The maximum atomic E-state index is 14.1. The number of nitrogens with zero attached hydrogens (tertiary/aromatic N) is 4. The molecule has 0 N–H and O–H groups in total. The van der Waals surface area contributed by atoms with Gasteiger partial charge >= 0.3 is 0 Å². The second-order valence-corrected chi connectivity index (χ2v) is 7.05. The highest BCUT2D eigenvalue weighted by atomic mass is 19.1. The van der Waals surface area contributed by atoms with Gasteiger partial charge in [-0.1, -0.05) is 13.8 Å². The molecule has 1 aromatic rings. The van der Waals surface area contributed by atoms with E-state index in [0.717, 1.165) is 45.3 Å². The lowest BCUT2D eigenvalue weighted by molar-refractivity contribution is 0.0698. The smallest absolute Gasteiger partial charge is 0.167 e. The average molecular weight is 350 g/mol. The molecule has 2 fully saturated rings. The normalized spacial score (nSPS) is 23.4. The Morgan fingerprint density at radius 1 is 1.12 bits per heavy atom. The fourth-order valence-corrected chi connectivity index (χ4v) is 4.05. The molecule has 0 bridgehead atoms. The number of halogens is 1. The minimum absolute atomic E-state index is 0.298. The van der Waals surface area contributed by atoms with Gasteiger partial charge in [0.05, 0.1) is 27.1 Å². The van der Waals surface area contributed by atoms with Crippen molar-refractivity contribution in [2.45, 2.75) is 32.7 Å². The second kappa shape index (κ2) is 8.34. The molecule has 25 heavy (non-hydrogen) atoms. The molecule has 2 saturated heterocycles. The molecule has 6 heteroatoms. The first kappa shape index (κ1) is 18.4. The summed E-state index contributed by atoms with van der Waals surface area (Å²) in [5.74, 6) is 0.00243. The summed E-state index contributed by atoms with van der Waals surface area (Å²) in [5.41, 5.74) is 0.917. The van der Waals surface area contributed by atoms with Crippen molar-refractivity contribution in [2.75, 3.05) is 58.2 Å². The third-order valence-corrected chi connectivity index (χ3v) is 5.46. The van der Waals surface area contributed by atoms with Crippen molar-refractivity contribution in [2.24, 2.45) is 0 Å². The molecule has 0 radical (unpaired) electrons. The van der Waals surface area contributed by atoms with Gasteiger partial charge in [-0.2, -0.15) is 0 Å². The lowest BCUT2D eigenvalue weighted by Gasteiger charge is -2.44. The van der Waals surface area contributed by atoms with Gasteiger partial charge in [-0.15, -0.1) is 0 Å². The summed E-state index contributed by atoms with van der Waals surface area (Å²) >= 11 is 0. The summed E-state index contributed by atoms with van der Waals surface area (Å²) in [5, 5.41) is 0. The minimum Gasteiger partial charge on any atom is -0.494 e. The van der Waals surface area contributed by atoms with Crippen LogP contribution in [0.5, 0.6) is 5.75 Å². The molecular weight excluding hydrogens is 319 g/mol. The molecule has 0 aromatic heterocycles. The molecule has 0 amide bonds. The minimum atomic E-state index is -0.298. The van der Waals surface area contributed by atoms with E-state index in [-0.39, 0.29) is 5.82 Å². The van der Waals surface area contributed by atoms with Gasteiger partial charge in [0.1, 0.15) is 0 Å². The Morgan fingerprint density at radius 2 is 1.92 bits per heavy atom. The van der Waals surface area contributed by atoms with Crippen LogP contribution in [0.25, 0.3) is 0 Å². The maximum absolute atomic E-state index is 14.1. The summed E-state index contributed by atoms with van der Waals surface area (Å²) < 4.78 is 19.2. The van der Waals surface area contributed by atoms with E-state index >= 15 is 0 Å². The quantitative estimate of drug-likeness (QED) is 0.784. The van der Waals surface area contributed by atoms with E-state index in [1.807, 2.05) is 6.07 Å². The maximum Gasteiger partial charge on any atom is 0.167 e. The number of likely N-dealkylation sites (tertiary alicyclic amines) is 1. The first-order chi connectivity index (χ1) is 12.1. The van der Waals surface area contributed by atoms with Crippen molar-refractivity contribution >= 4 is 5.69 Å². The van der Waals surface area contributed by atoms with Crippen molar-refractivity contribution in [1.82, 2.24) is 14.7 Å². The van der Waals surface area contributed by atoms with E-state index in [0.29, 0.717) is 11.8 Å². The molecule has 1 unspecified atom stereocenters. The second-order valence-electron chi connectivity index (χ2n) is 7.05. The molecule has 5 nitrogen and oxygen atoms in total. The number of anilines is 1. The van der Waals surface area contributed by atoms with Gasteiger partial charge in [-0.05, 0) is 44.6 Å². The van der Waals surface area contributed by atoms with Gasteiger partial charge in [0, 0.05) is 24.3 Å². The summed E-state index contributed by atoms with van der Waals surface area (Å²) in [6, 6.07) is 5.91. The summed E-state index contributed by atoms with van der Waals surface area (Å²) in [6.07, 6.45) is 2.59. The number of methoxy groups -OCH3 is 1. The zero-order chi connectivity index (χ0) is 17.8. The summed E-state index contributed by atoms with van der Waals surface area (Å²) in [4.78, 5) is 9.73. The van der Waals surface area contributed by atoms with Crippen LogP contribution in [-0.4, -0.2) is 74.0 Å². The van der Waals surface area contributed by atoms with Crippen LogP contribution in [0.3, 0.4) is 0 Å². The highest BCUT2D eigenvalue weighted by Crippen LogP contribution is 2.26. The molecule has 2 aliphatic rings. The van der Waals surface area contributed by atoms with E-state index in [9.17, 15) is 4.39 Å². The van der Waals surface area contributed by atoms with Crippen LogP contribution in [0.2, 0.25) is 0 Å². The van der Waals surface area contributed by atoms with Gasteiger partial charge in [-0.3, -0.25) is 14.7 Å². The van der Waals surface area contributed by atoms with Crippen LogP contribution in [0.15, 0.2) is 18.2 Å². The van der Waals surface area contributed by atoms with Gasteiger partial charge in [0.25, 0.3) is 0 Å². The number of hydrogen-bond acceptors (Lipinski definition) is 5. The number of rotatable bonds is 6. The SMILES string of the molecule is CCN1CN(CC2CCCN2CC)CN(c2ccc(OC)c(F)c2)C1.